The molecule has 0 aliphatic rings. The van der Waals surface area contributed by atoms with E-state index in [0.29, 0.717) is 24.3 Å². The number of halogens is 4. The van der Waals surface area contributed by atoms with Gasteiger partial charge in [0.2, 0.25) is 5.78 Å². The van der Waals surface area contributed by atoms with Gasteiger partial charge in [0.05, 0.1) is 11.9 Å². The Morgan fingerprint density at radius 2 is 1.74 bits per heavy atom. The first-order valence-corrected chi connectivity index (χ1v) is 10.6. The number of carbonyl (C=O) groups is 2. The summed E-state index contributed by atoms with van der Waals surface area (Å²) in [6.07, 6.45) is 5.15. The van der Waals surface area contributed by atoms with Gasteiger partial charge in [-0.2, -0.15) is 0 Å². The summed E-state index contributed by atoms with van der Waals surface area (Å²) in [5.41, 5.74) is 6.20. The number of thiazole rings is 1. The molecule has 184 valence electrons. The number of imidazole rings is 1. The van der Waals surface area contributed by atoms with Crippen molar-refractivity contribution in [3.63, 3.8) is 0 Å². The maximum Gasteiger partial charge on any atom is 0.251 e. The molecule has 0 bridgehead atoms. The summed E-state index contributed by atoms with van der Waals surface area (Å²) in [4.78, 5) is 32.8. The number of carbonyl (C=O) groups excluding carboxylic acids is 2. The molecule has 0 unspecified atom stereocenters. The molecule has 2 aromatic carbocycles. The van der Waals surface area contributed by atoms with Gasteiger partial charge in [0.25, 0.3) is 5.91 Å². The molecule has 2 aromatic heterocycles. The summed E-state index contributed by atoms with van der Waals surface area (Å²) >= 11 is 0.878. The number of anilines is 3. The summed E-state index contributed by atoms with van der Waals surface area (Å²) in [7, 11) is 0. The Kier molecular flexibility index (Phi) is 9.69. The van der Waals surface area contributed by atoms with Gasteiger partial charge in [-0.25, -0.2) is 18.7 Å². The Balaban J connectivity index is 0.00000216. The molecule has 4 N–H and O–H groups in total. The minimum atomic E-state index is -0.971. The van der Waals surface area contributed by atoms with E-state index in [1.807, 2.05) is 10.8 Å². The second-order valence-electron chi connectivity index (χ2n) is 6.92. The quantitative estimate of drug-likeness (QED) is 0.284. The van der Waals surface area contributed by atoms with Crippen molar-refractivity contribution >= 4 is 64.5 Å². The maximum atomic E-state index is 14.0. The average molecular weight is 541 g/mol. The van der Waals surface area contributed by atoms with Crippen LogP contribution < -0.4 is 16.4 Å². The molecule has 0 radical (unpaired) electrons. The van der Waals surface area contributed by atoms with Crippen LogP contribution in [0.5, 0.6) is 0 Å². The lowest BCUT2D eigenvalue weighted by Gasteiger charge is -2.07. The highest BCUT2D eigenvalue weighted by molar-refractivity contribution is 7.18. The van der Waals surface area contributed by atoms with Crippen molar-refractivity contribution in [1.29, 1.82) is 0 Å². The molecule has 0 atom stereocenters. The van der Waals surface area contributed by atoms with Crippen LogP contribution in [-0.2, 0) is 6.54 Å². The molecule has 0 aliphatic heterocycles. The van der Waals surface area contributed by atoms with Gasteiger partial charge in [-0.15, -0.1) is 24.8 Å². The summed E-state index contributed by atoms with van der Waals surface area (Å²) in [5, 5.41) is 6.06. The van der Waals surface area contributed by atoms with E-state index in [4.69, 9.17) is 5.73 Å². The van der Waals surface area contributed by atoms with Crippen molar-refractivity contribution in [3.8, 4) is 0 Å². The SMILES string of the molecule is Cl.Cl.Nc1nc(Nc2ccc(C(=O)NCCn3ccnc3)cc2)sc1C(=O)c1c(F)cccc1F. The highest BCUT2D eigenvalue weighted by Crippen LogP contribution is 2.31. The van der Waals surface area contributed by atoms with Gasteiger partial charge < -0.3 is 20.9 Å². The number of ketones is 1. The Morgan fingerprint density at radius 1 is 1.06 bits per heavy atom. The third-order valence-electron chi connectivity index (χ3n) is 4.66. The van der Waals surface area contributed by atoms with Crippen molar-refractivity contribution in [3.05, 3.63) is 88.8 Å². The monoisotopic (exact) mass is 540 g/mol. The molecule has 0 aliphatic carbocycles. The Morgan fingerprint density at radius 3 is 2.37 bits per heavy atom. The van der Waals surface area contributed by atoms with Crippen LogP contribution in [0.1, 0.15) is 25.6 Å². The van der Waals surface area contributed by atoms with Crippen LogP contribution in [0.25, 0.3) is 0 Å². The number of nitrogens with zero attached hydrogens (tertiary/aromatic N) is 3. The molecule has 4 aromatic rings. The van der Waals surface area contributed by atoms with Crippen molar-refractivity contribution in [2.24, 2.45) is 0 Å². The fourth-order valence-electron chi connectivity index (χ4n) is 3.02. The van der Waals surface area contributed by atoms with Crippen LogP contribution in [0.3, 0.4) is 0 Å². The molecule has 8 nitrogen and oxygen atoms in total. The second-order valence-corrected chi connectivity index (χ2v) is 7.92. The molecule has 0 saturated carbocycles. The summed E-state index contributed by atoms with van der Waals surface area (Å²) < 4.78 is 29.8. The summed E-state index contributed by atoms with van der Waals surface area (Å²) in [6, 6.07) is 9.78. The fourth-order valence-corrected chi connectivity index (χ4v) is 3.88. The van der Waals surface area contributed by atoms with Crippen LogP contribution in [0, 0.1) is 11.6 Å². The Bertz CT molecular complexity index is 1280. The molecule has 0 spiro atoms. The van der Waals surface area contributed by atoms with Crippen molar-refractivity contribution in [2.45, 2.75) is 6.54 Å². The van der Waals surface area contributed by atoms with E-state index in [1.165, 1.54) is 6.07 Å². The van der Waals surface area contributed by atoms with E-state index in [-0.39, 0.29) is 46.5 Å². The van der Waals surface area contributed by atoms with Crippen LogP contribution >= 0.6 is 36.2 Å². The Hall–Kier alpha value is -3.54. The van der Waals surface area contributed by atoms with E-state index >= 15 is 0 Å². The zero-order chi connectivity index (χ0) is 23.4. The number of benzene rings is 2. The van der Waals surface area contributed by atoms with Crippen LogP contribution in [0.2, 0.25) is 0 Å². The fraction of sp³-hybridized carbons (Fsp3) is 0.0909. The van der Waals surface area contributed by atoms with E-state index < -0.39 is 23.0 Å². The lowest BCUT2D eigenvalue weighted by molar-refractivity contribution is 0.0951. The predicted octanol–water partition coefficient (Wildman–Crippen LogP) is 4.45. The second kappa shape index (κ2) is 12.2. The Labute approximate surface area is 215 Å². The normalized spacial score (nSPS) is 10.1. The lowest BCUT2D eigenvalue weighted by Crippen LogP contribution is -2.26. The predicted molar refractivity (Wildman–Crippen MR) is 135 cm³/mol. The van der Waals surface area contributed by atoms with E-state index in [1.54, 1.807) is 36.8 Å². The number of hydrogen-bond acceptors (Lipinski definition) is 7. The molecule has 0 fully saturated rings. The van der Waals surface area contributed by atoms with Gasteiger partial charge in [-0.3, -0.25) is 9.59 Å². The van der Waals surface area contributed by atoms with Crippen molar-refractivity contribution in [2.75, 3.05) is 17.6 Å². The van der Waals surface area contributed by atoms with E-state index in [2.05, 4.69) is 20.6 Å². The molecular weight excluding hydrogens is 521 g/mol. The number of nitrogens with one attached hydrogen (secondary N) is 2. The molecule has 1 amide bonds. The maximum absolute atomic E-state index is 14.0. The van der Waals surface area contributed by atoms with Crippen molar-refractivity contribution in [1.82, 2.24) is 19.9 Å². The topological polar surface area (TPSA) is 115 Å². The van der Waals surface area contributed by atoms with Gasteiger partial charge in [0.15, 0.2) is 5.13 Å². The number of hydrogen-bond donors (Lipinski definition) is 3. The smallest absolute Gasteiger partial charge is 0.251 e. The summed E-state index contributed by atoms with van der Waals surface area (Å²) in [5.74, 6) is -3.18. The van der Waals surface area contributed by atoms with Gasteiger partial charge in [0, 0.05) is 36.7 Å². The van der Waals surface area contributed by atoms with Crippen LogP contribution in [0.4, 0.5) is 25.4 Å². The van der Waals surface area contributed by atoms with Gasteiger partial charge in [-0.1, -0.05) is 17.4 Å². The number of aromatic nitrogens is 3. The highest BCUT2D eigenvalue weighted by Gasteiger charge is 2.24. The highest BCUT2D eigenvalue weighted by atomic mass is 35.5. The number of rotatable bonds is 8. The van der Waals surface area contributed by atoms with E-state index in [0.717, 1.165) is 23.5 Å². The zero-order valence-electron chi connectivity index (χ0n) is 17.9. The number of nitrogens with two attached hydrogens (primary N) is 1. The van der Waals surface area contributed by atoms with Crippen molar-refractivity contribution < 1.29 is 18.4 Å². The van der Waals surface area contributed by atoms with Gasteiger partial charge in [0.1, 0.15) is 22.3 Å². The largest absolute Gasteiger partial charge is 0.382 e. The summed E-state index contributed by atoms with van der Waals surface area (Å²) in [6.45, 7) is 1.06. The molecule has 13 heteroatoms. The van der Waals surface area contributed by atoms with Crippen LogP contribution in [-0.4, -0.2) is 32.8 Å². The minimum Gasteiger partial charge on any atom is -0.382 e. The van der Waals surface area contributed by atoms with Gasteiger partial charge in [-0.05, 0) is 36.4 Å². The van der Waals surface area contributed by atoms with Crippen LogP contribution in [0.15, 0.2) is 61.2 Å². The van der Waals surface area contributed by atoms with Gasteiger partial charge >= 0.3 is 0 Å². The first-order valence-electron chi connectivity index (χ1n) is 9.78. The number of amides is 1. The van der Waals surface area contributed by atoms with E-state index in [9.17, 15) is 18.4 Å². The molecule has 2 heterocycles. The third kappa shape index (κ3) is 6.53. The molecular formula is C22H20Cl2F2N6O2S. The number of nitrogen functional groups attached to an aromatic ring is 1. The molecule has 4 rings (SSSR count). The first-order chi connectivity index (χ1) is 15.9. The third-order valence-corrected chi connectivity index (χ3v) is 5.65. The zero-order valence-corrected chi connectivity index (χ0v) is 20.4. The first kappa shape index (κ1) is 27.7. The molecule has 35 heavy (non-hydrogen) atoms. The minimum absolute atomic E-state index is 0. The molecule has 0 saturated heterocycles. The standard InChI is InChI=1S/C22H18F2N6O2S.2ClH/c23-15-2-1-3-16(24)17(15)18(31)19-20(25)29-22(33-19)28-14-6-4-13(5-7-14)21(32)27-9-11-30-10-8-26-12-30;;/h1-8,10,12H,9,11,25H2,(H,27,32)(H,28,29);2*1H. The average Bonchev–Trinajstić information content (AvgIpc) is 3.43. The lowest BCUT2D eigenvalue weighted by atomic mass is 10.1.